The summed E-state index contributed by atoms with van der Waals surface area (Å²) in [6.45, 7) is 2.59. The maximum absolute atomic E-state index is 12.6. The molecule has 0 fully saturated rings. The number of hydrogen-bond acceptors (Lipinski definition) is 4. The van der Waals surface area contributed by atoms with E-state index in [2.05, 4.69) is 15.4 Å². The molecule has 0 aromatic heterocycles. The monoisotopic (exact) mass is 423 g/mol. The molecule has 0 spiro atoms. The van der Waals surface area contributed by atoms with Crippen LogP contribution in [-0.2, 0) is 10.0 Å². The fraction of sp³-hybridized carbons (Fsp3) is 0.263. The van der Waals surface area contributed by atoms with Crippen molar-refractivity contribution in [3.8, 4) is 0 Å². The highest BCUT2D eigenvalue weighted by molar-refractivity contribution is 7.92. The van der Waals surface area contributed by atoms with E-state index in [0.717, 1.165) is 19.1 Å². The van der Waals surface area contributed by atoms with Gasteiger partial charge in [-0.2, -0.15) is 0 Å². The maximum Gasteiger partial charge on any atom is 0.255 e. The minimum absolute atomic E-state index is 0.0867. The number of carbonyl (C=O) groups excluding carboxylic acids is 2. The van der Waals surface area contributed by atoms with E-state index in [-0.39, 0.29) is 22.2 Å². The molecule has 0 radical (unpaired) electrons. The van der Waals surface area contributed by atoms with Crippen LogP contribution in [0.5, 0.6) is 0 Å². The third-order valence-electron chi connectivity index (χ3n) is 3.76. The van der Waals surface area contributed by atoms with Crippen LogP contribution >= 0.6 is 11.6 Å². The Morgan fingerprint density at radius 3 is 2.39 bits per heavy atom. The van der Waals surface area contributed by atoms with Gasteiger partial charge in [-0.15, -0.1) is 0 Å². The summed E-state index contributed by atoms with van der Waals surface area (Å²) >= 11 is 6.06. The van der Waals surface area contributed by atoms with E-state index in [1.165, 1.54) is 18.2 Å². The number of hydrogen-bond donors (Lipinski definition) is 3. The van der Waals surface area contributed by atoms with Crippen LogP contribution in [0.2, 0.25) is 5.02 Å². The van der Waals surface area contributed by atoms with Gasteiger partial charge in [-0.25, -0.2) is 8.42 Å². The Hall–Kier alpha value is -2.58. The number of benzene rings is 2. The molecule has 2 aromatic carbocycles. The van der Waals surface area contributed by atoms with E-state index in [9.17, 15) is 18.0 Å². The Kier molecular flexibility index (Phi) is 7.42. The van der Waals surface area contributed by atoms with Gasteiger partial charge in [-0.3, -0.25) is 14.3 Å². The van der Waals surface area contributed by atoms with Gasteiger partial charge in [0.05, 0.1) is 28.2 Å². The van der Waals surface area contributed by atoms with Gasteiger partial charge in [-0.1, -0.05) is 37.1 Å². The van der Waals surface area contributed by atoms with Crippen molar-refractivity contribution in [1.29, 1.82) is 0 Å². The van der Waals surface area contributed by atoms with Crippen LogP contribution in [0.25, 0.3) is 0 Å². The summed E-state index contributed by atoms with van der Waals surface area (Å²) in [5, 5.41) is 5.60. The Bertz CT molecular complexity index is 977. The van der Waals surface area contributed by atoms with E-state index in [0.29, 0.717) is 17.8 Å². The van der Waals surface area contributed by atoms with E-state index >= 15 is 0 Å². The molecule has 0 bridgehead atoms. The van der Waals surface area contributed by atoms with Crippen LogP contribution in [-0.4, -0.2) is 33.0 Å². The van der Waals surface area contributed by atoms with Crippen LogP contribution in [0.1, 0.15) is 40.5 Å². The predicted molar refractivity (Wildman–Crippen MR) is 112 cm³/mol. The van der Waals surface area contributed by atoms with Gasteiger partial charge >= 0.3 is 0 Å². The zero-order valence-electron chi connectivity index (χ0n) is 15.6. The summed E-state index contributed by atoms with van der Waals surface area (Å²) in [5.74, 6) is -0.739. The molecule has 0 aliphatic carbocycles. The quantitative estimate of drug-likeness (QED) is 0.565. The van der Waals surface area contributed by atoms with Gasteiger partial charge in [0.25, 0.3) is 11.8 Å². The summed E-state index contributed by atoms with van der Waals surface area (Å²) in [4.78, 5) is 24.9. The highest BCUT2D eigenvalue weighted by Crippen LogP contribution is 2.25. The Labute approximate surface area is 169 Å². The number of unbranched alkanes of at least 4 members (excludes halogenated alkanes) is 1. The topological polar surface area (TPSA) is 104 Å². The first-order valence-corrected chi connectivity index (χ1v) is 10.9. The number of anilines is 2. The van der Waals surface area contributed by atoms with Crippen LogP contribution < -0.4 is 15.4 Å². The van der Waals surface area contributed by atoms with Crippen LogP contribution in [0.4, 0.5) is 11.4 Å². The smallest absolute Gasteiger partial charge is 0.255 e. The number of sulfonamides is 1. The molecule has 0 saturated carbocycles. The third-order valence-corrected chi connectivity index (χ3v) is 4.67. The van der Waals surface area contributed by atoms with Crippen molar-refractivity contribution in [2.24, 2.45) is 0 Å². The van der Waals surface area contributed by atoms with Crippen molar-refractivity contribution < 1.29 is 18.0 Å². The second kappa shape index (κ2) is 9.57. The molecular formula is C19H22ClN3O4S. The average Bonchev–Trinajstić information content (AvgIpc) is 2.63. The Balaban J connectivity index is 2.17. The molecule has 0 unspecified atom stereocenters. The largest absolute Gasteiger partial charge is 0.352 e. The molecule has 0 aliphatic heterocycles. The molecule has 150 valence electrons. The summed E-state index contributed by atoms with van der Waals surface area (Å²) < 4.78 is 24.9. The highest BCUT2D eigenvalue weighted by Gasteiger charge is 2.15. The lowest BCUT2D eigenvalue weighted by molar-refractivity contribution is 0.0954. The second-order valence-electron chi connectivity index (χ2n) is 6.18. The van der Waals surface area contributed by atoms with Crippen molar-refractivity contribution in [3.63, 3.8) is 0 Å². The van der Waals surface area contributed by atoms with E-state index in [1.54, 1.807) is 24.3 Å². The lowest BCUT2D eigenvalue weighted by Gasteiger charge is -2.12. The molecule has 0 atom stereocenters. The zero-order valence-corrected chi connectivity index (χ0v) is 17.2. The number of amides is 2. The first-order chi connectivity index (χ1) is 13.2. The first kappa shape index (κ1) is 21.7. The van der Waals surface area contributed by atoms with Crippen LogP contribution in [0.15, 0.2) is 42.5 Å². The minimum atomic E-state index is -3.49. The highest BCUT2D eigenvalue weighted by atomic mass is 35.5. The molecular weight excluding hydrogens is 402 g/mol. The lowest BCUT2D eigenvalue weighted by atomic mass is 10.1. The summed E-state index contributed by atoms with van der Waals surface area (Å²) in [6, 6.07) is 10.9. The van der Waals surface area contributed by atoms with Gasteiger partial charge < -0.3 is 10.6 Å². The average molecular weight is 424 g/mol. The van der Waals surface area contributed by atoms with Gasteiger partial charge in [-0.05, 0) is 36.8 Å². The number of para-hydroxylation sites is 1. The molecule has 9 heteroatoms. The second-order valence-corrected chi connectivity index (χ2v) is 8.33. The minimum Gasteiger partial charge on any atom is -0.352 e. The number of nitrogens with one attached hydrogen (secondary N) is 3. The molecule has 2 aromatic rings. The Morgan fingerprint density at radius 2 is 1.75 bits per heavy atom. The van der Waals surface area contributed by atoms with Crippen molar-refractivity contribution in [3.05, 3.63) is 58.6 Å². The van der Waals surface area contributed by atoms with Crippen LogP contribution in [0.3, 0.4) is 0 Å². The summed E-state index contributed by atoms with van der Waals surface area (Å²) in [5.41, 5.74) is 1.13. The third kappa shape index (κ3) is 6.24. The molecule has 0 saturated heterocycles. The van der Waals surface area contributed by atoms with Gasteiger partial charge in [0.1, 0.15) is 0 Å². The molecule has 28 heavy (non-hydrogen) atoms. The van der Waals surface area contributed by atoms with Crippen molar-refractivity contribution in [1.82, 2.24) is 5.32 Å². The fourth-order valence-corrected chi connectivity index (χ4v) is 3.26. The predicted octanol–water partition coefficient (Wildman–Crippen LogP) is 3.49. The fourth-order valence-electron chi connectivity index (χ4n) is 2.40. The van der Waals surface area contributed by atoms with Crippen molar-refractivity contribution in [2.75, 3.05) is 22.8 Å². The van der Waals surface area contributed by atoms with Crippen molar-refractivity contribution >= 4 is 44.8 Å². The Morgan fingerprint density at radius 1 is 1.04 bits per heavy atom. The lowest BCUT2D eigenvalue weighted by Crippen LogP contribution is -2.26. The molecule has 7 nitrogen and oxygen atoms in total. The standard InChI is InChI=1S/C19H22ClN3O4S/c1-3-4-11-21-19(25)14-7-5-6-8-16(14)22-18(24)13-9-10-17(15(20)12-13)23-28(2,26)27/h5-10,12,23H,3-4,11H2,1-2H3,(H,21,25)(H,22,24). The summed E-state index contributed by atoms with van der Waals surface area (Å²) in [7, 11) is -3.49. The first-order valence-electron chi connectivity index (χ1n) is 8.67. The van der Waals surface area contributed by atoms with E-state index < -0.39 is 15.9 Å². The van der Waals surface area contributed by atoms with Gasteiger partial charge in [0.15, 0.2) is 0 Å². The van der Waals surface area contributed by atoms with Gasteiger partial charge in [0, 0.05) is 12.1 Å². The molecule has 3 N–H and O–H groups in total. The summed E-state index contributed by atoms with van der Waals surface area (Å²) in [6.07, 6.45) is 2.84. The van der Waals surface area contributed by atoms with E-state index in [1.807, 2.05) is 6.92 Å². The molecule has 0 aliphatic rings. The zero-order chi connectivity index (χ0) is 20.7. The van der Waals surface area contributed by atoms with Crippen LogP contribution in [0, 0.1) is 0 Å². The molecule has 0 heterocycles. The number of carbonyl (C=O) groups is 2. The SMILES string of the molecule is CCCCNC(=O)c1ccccc1NC(=O)c1ccc(NS(C)(=O)=O)c(Cl)c1. The molecule has 2 amide bonds. The number of halogens is 1. The molecule has 2 rings (SSSR count). The van der Waals surface area contributed by atoms with Crippen molar-refractivity contribution in [2.45, 2.75) is 19.8 Å². The van der Waals surface area contributed by atoms with Gasteiger partial charge in [0.2, 0.25) is 10.0 Å². The number of rotatable bonds is 8. The van der Waals surface area contributed by atoms with E-state index in [4.69, 9.17) is 11.6 Å². The normalized spacial score (nSPS) is 11.0. The maximum atomic E-state index is 12.6.